The summed E-state index contributed by atoms with van der Waals surface area (Å²) in [5, 5.41) is 9.38. The number of benzene rings is 1. The number of rotatable bonds is 4. The number of carbonyl (C=O) groups excluding carboxylic acids is 1. The number of allylic oxidation sites excluding steroid dienone is 2. The highest BCUT2D eigenvalue weighted by atomic mass is 32.2. The molecular formula is C20H26N2O5S. The van der Waals surface area contributed by atoms with Gasteiger partial charge in [0.25, 0.3) is 0 Å². The highest BCUT2D eigenvalue weighted by Gasteiger charge is 2.38. The lowest BCUT2D eigenvalue weighted by Gasteiger charge is -2.37. The molecule has 1 amide bonds. The first-order valence-corrected chi connectivity index (χ1v) is 10.9. The van der Waals surface area contributed by atoms with E-state index in [-0.39, 0.29) is 37.0 Å². The summed E-state index contributed by atoms with van der Waals surface area (Å²) >= 11 is 0. The van der Waals surface area contributed by atoms with E-state index in [0.717, 1.165) is 11.1 Å². The lowest BCUT2D eigenvalue weighted by Crippen LogP contribution is -2.53. The van der Waals surface area contributed by atoms with Crippen LogP contribution in [0.25, 0.3) is 0 Å². The molecule has 2 aliphatic rings. The van der Waals surface area contributed by atoms with Crippen molar-refractivity contribution in [3.05, 3.63) is 41.5 Å². The summed E-state index contributed by atoms with van der Waals surface area (Å²) < 4.78 is 27.2. The van der Waals surface area contributed by atoms with Crippen LogP contribution in [0.1, 0.15) is 24.0 Å². The maximum atomic E-state index is 12.9. The van der Waals surface area contributed by atoms with Gasteiger partial charge in [0, 0.05) is 26.2 Å². The number of aryl methyl sites for hydroxylation is 2. The molecule has 2 atom stereocenters. The summed E-state index contributed by atoms with van der Waals surface area (Å²) in [6.07, 6.45) is 4.42. The number of carbonyl (C=O) groups is 2. The summed E-state index contributed by atoms with van der Waals surface area (Å²) in [6, 6.07) is 5.08. The first-order chi connectivity index (χ1) is 13.2. The Hall–Kier alpha value is -2.19. The van der Waals surface area contributed by atoms with E-state index in [0.29, 0.717) is 12.8 Å². The maximum Gasteiger partial charge on any atom is 0.307 e. The predicted molar refractivity (Wildman–Crippen MR) is 104 cm³/mol. The Morgan fingerprint density at radius 1 is 0.964 bits per heavy atom. The minimum Gasteiger partial charge on any atom is -0.481 e. The monoisotopic (exact) mass is 406 g/mol. The van der Waals surface area contributed by atoms with Crippen molar-refractivity contribution < 1.29 is 23.1 Å². The molecule has 1 aromatic rings. The number of piperazine rings is 1. The molecule has 0 saturated carbocycles. The Kier molecular flexibility index (Phi) is 5.90. The van der Waals surface area contributed by atoms with Gasteiger partial charge in [0.15, 0.2) is 0 Å². The summed E-state index contributed by atoms with van der Waals surface area (Å²) in [4.78, 5) is 26.2. The van der Waals surface area contributed by atoms with Gasteiger partial charge in [0.05, 0.1) is 16.7 Å². The SMILES string of the molecule is Cc1ccc(S(=O)(=O)N2CCN(C(=O)[C@@H]3CC=CC[C@H]3C(=O)O)CC2)cc1C. The van der Waals surface area contributed by atoms with E-state index in [9.17, 15) is 23.1 Å². The number of sulfonamides is 1. The predicted octanol–water partition coefficient (Wildman–Crippen LogP) is 1.80. The van der Waals surface area contributed by atoms with Crippen LogP contribution in [0.2, 0.25) is 0 Å². The maximum absolute atomic E-state index is 12.9. The van der Waals surface area contributed by atoms with Crippen LogP contribution in [0.15, 0.2) is 35.2 Å². The molecule has 1 aromatic carbocycles. The first kappa shape index (κ1) is 20.5. The second-order valence-electron chi connectivity index (χ2n) is 7.47. The van der Waals surface area contributed by atoms with Gasteiger partial charge in [-0.2, -0.15) is 4.31 Å². The average Bonchev–Trinajstić information content (AvgIpc) is 2.69. The van der Waals surface area contributed by atoms with Crippen molar-refractivity contribution >= 4 is 21.9 Å². The standard InChI is InChI=1S/C20H26N2O5S/c1-14-7-8-16(13-15(14)2)28(26,27)22-11-9-21(10-12-22)19(23)17-5-3-4-6-18(17)20(24)25/h3-4,7-8,13,17-18H,5-6,9-12H2,1-2H3,(H,24,25)/t17-,18-/m1/s1. The summed E-state index contributed by atoms with van der Waals surface area (Å²) in [6.45, 7) is 4.77. The Bertz CT molecular complexity index is 901. The zero-order chi connectivity index (χ0) is 20.5. The lowest BCUT2D eigenvalue weighted by molar-refractivity contribution is -0.151. The molecule has 8 heteroatoms. The van der Waals surface area contributed by atoms with Crippen molar-refractivity contribution in [3.8, 4) is 0 Å². The minimum atomic E-state index is -3.61. The molecule has 7 nitrogen and oxygen atoms in total. The van der Waals surface area contributed by atoms with E-state index in [1.54, 1.807) is 29.2 Å². The molecule has 3 rings (SSSR count). The van der Waals surface area contributed by atoms with E-state index < -0.39 is 27.8 Å². The Balaban J connectivity index is 1.68. The Morgan fingerprint density at radius 2 is 1.57 bits per heavy atom. The van der Waals surface area contributed by atoms with Crippen molar-refractivity contribution in [1.82, 2.24) is 9.21 Å². The van der Waals surface area contributed by atoms with E-state index >= 15 is 0 Å². The number of aliphatic carboxylic acids is 1. The van der Waals surface area contributed by atoms with Crippen LogP contribution in [0.4, 0.5) is 0 Å². The number of nitrogens with zero attached hydrogens (tertiary/aromatic N) is 2. The fourth-order valence-electron chi connectivity index (χ4n) is 3.77. The molecule has 0 unspecified atom stereocenters. The van der Waals surface area contributed by atoms with E-state index in [2.05, 4.69) is 0 Å². The van der Waals surface area contributed by atoms with Crippen LogP contribution in [0.3, 0.4) is 0 Å². The second-order valence-corrected chi connectivity index (χ2v) is 9.41. The van der Waals surface area contributed by atoms with Crippen LogP contribution in [0, 0.1) is 25.7 Å². The van der Waals surface area contributed by atoms with Gasteiger partial charge >= 0.3 is 5.97 Å². The molecule has 0 aromatic heterocycles. The molecule has 1 fully saturated rings. The van der Waals surface area contributed by atoms with Gasteiger partial charge in [-0.15, -0.1) is 0 Å². The van der Waals surface area contributed by atoms with Crippen molar-refractivity contribution in [2.45, 2.75) is 31.6 Å². The van der Waals surface area contributed by atoms with Gasteiger partial charge < -0.3 is 10.0 Å². The Morgan fingerprint density at radius 3 is 2.14 bits per heavy atom. The number of hydrogen-bond donors (Lipinski definition) is 1. The minimum absolute atomic E-state index is 0.194. The van der Waals surface area contributed by atoms with Crippen molar-refractivity contribution in [3.63, 3.8) is 0 Å². The lowest BCUT2D eigenvalue weighted by atomic mass is 9.82. The van der Waals surface area contributed by atoms with Crippen molar-refractivity contribution in [2.75, 3.05) is 26.2 Å². The average molecular weight is 407 g/mol. The molecule has 1 aliphatic carbocycles. The molecule has 0 radical (unpaired) electrons. The highest BCUT2D eigenvalue weighted by Crippen LogP contribution is 2.28. The van der Waals surface area contributed by atoms with Gasteiger partial charge in [0.2, 0.25) is 15.9 Å². The topological polar surface area (TPSA) is 95.0 Å². The van der Waals surface area contributed by atoms with Gasteiger partial charge in [-0.25, -0.2) is 8.42 Å². The third-order valence-electron chi connectivity index (χ3n) is 5.73. The molecule has 1 N–H and O–H groups in total. The van der Waals surface area contributed by atoms with Gasteiger partial charge in [-0.05, 0) is 49.9 Å². The molecule has 0 spiro atoms. The molecule has 1 aliphatic heterocycles. The number of carboxylic acid groups (broad SMARTS) is 1. The number of amides is 1. The third-order valence-corrected chi connectivity index (χ3v) is 7.63. The molecule has 0 bridgehead atoms. The summed E-state index contributed by atoms with van der Waals surface area (Å²) in [5.74, 6) is -2.45. The van der Waals surface area contributed by atoms with Crippen LogP contribution < -0.4 is 0 Å². The van der Waals surface area contributed by atoms with Crippen molar-refractivity contribution in [1.29, 1.82) is 0 Å². The summed E-state index contributed by atoms with van der Waals surface area (Å²) in [5.41, 5.74) is 1.95. The van der Waals surface area contributed by atoms with Crippen LogP contribution in [0.5, 0.6) is 0 Å². The van der Waals surface area contributed by atoms with Crippen LogP contribution >= 0.6 is 0 Å². The highest BCUT2D eigenvalue weighted by molar-refractivity contribution is 7.89. The Labute approximate surface area is 165 Å². The number of carboxylic acids is 1. The molecule has 152 valence electrons. The van der Waals surface area contributed by atoms with Crippen molar-refractivity contribution in [2.24, 2.45) is 11.8 Å². The van der Waals surface area contributed by atoms with Gasteiger partial charge in [0.1, 0.15) is 0 Å². The second kappa shape index (κ2) is 8.05. The molecule has 28 heavy (non-hydrogen) atoms. The van der Waals surface area contributed by atoms with Gasteiger partial charge in [-0.3, -0.25) is 9.59 Å². The quantitative estimate of drug-likeness (QED) is 0.770. The van der Waals surface area contributed by atoms with Gasteiger partial charge in [-0.1, -0.05) is 18.2 Å². The molecule has 1 heterocycles. The smallest absolute Gasteiger partial charge is 0.307 e. The fourth-order valence-corrected chi connectivity index (χ4v) is 5.27. The third kappa shape index (κ3) is 3.98. The zero-order valence-electron chi connectivity index (χ0n) is 16.2. The summed E-state index contributed by atoms with van der Waals surface area (Å²) in [7, 11) is -3.61. The van der Waals surface area contributed by atoms with E-state index in [1.807, 2.05) is 19.9 Å². The van der Waals surface area contributed by atoms with Crippen LogP contribution in [-0.4, -0.2) is 60.8 Å². The zero-order valence-corrected chi connectivity index (χ0v) is 17.0. The first-order valence-electron chi connectivity index (χ1n) is 9.46. The molecule has 1 saturated heterocycles. The normalized spacial score (nSPS) is 23.6. The van der Waals surface area contributed by atoms with Crippen LogP contribution in [-0.2, 0) is 19.6 Å². The fraction of sp³-hybridized carbons (Fsp3) is 0.500. The molecular weight excluding hydrogens is 380 g/mol. The van der Waals surface area contributed by atoms with E-state index in [4.69, 9.17) is 0 Å². The van der Waals surface area contributed by atoms with E-state index in [1.165, 1.54) is 4.31 Å². The number of hydrogen-bond acceptors (Lipinski definition) is 4. The largest absolute Gasteiger partial charge is 0.481 e.